The van der Waals surface area contributed by atoms with Gasteiger partial charge in [0.15, 0.2) is 0 Å². The summed E-state index contributed by atoms with van der Waals surface area (Å²) < 4.78 is 22.6. The van der Waals surface area contributed by atoms with Gasteiger partial charge in [-0.25, -0.2) is 19.2 Å². The number of likely N-dealkylation sites (tertiary alicyclic amines) is 1. The number of ether oxygens (including phenoxy) is 1. The van der Waals surface area contributed by atoms with Crippen molar-refractivity contribution < 1.29 is 13.9 Å². The van der Waals surface area contributed by atoms with E-state index in [0.717, 1.165) is 25.3 Å². The average molecular weight is 592 g/mol. The predicted molar refractivity (Wildman–Crippen MR) is 159 cm³/mol. The van der Waals surface area contributed by atoms with E-state index < -0.39 is 17.2 Å². The number of carbonyl (C=O) groups is 1. The van der Waals surface area contributed by atoms with Gasteiger partial charge in [0.25, 0.3) is 0 Å². The molecule has 0 saturated carbocycles. The highest BCUT2D eigenvalue weighted by Gasteiger charge is 2.28. The molecule has 0 bridgehead atoms. The molecule has 2 saturated heterocycles. The number of esters is 1. The molecule has 2 fully saturated rings. The van der Waals surface area contributed by atoms with Gasteiger partial charge in [0.05, 0.1) is 45.8 Å². The van der Waals surface area contributed by atoms with Gasteiger partial charge in [-0.2, -0.15) is 0 Å². The van der Waals surface area contributed by atoms with Crippen molar-refractivity contribution in [3.05, 3.63) is 81.4 Å². The fourth-order valence-electron chi connectivity index (χ4n) is 5.66. The molecular weight excluding hydrogens is 561 g/mol. The third kappa shape index (κ3) is 5.41. The van der Waals surface area contributed by atoms with Crippen molar-refractivity contribution in [2.45, 2.75) is 26.3 Å². The number of piperazine rings is 1. The average Bonchev–Trinajstić information content (AvgIpc) is 3.52. The van der Waals surface area contributed by atoms with Crippen molar-refractivity contribution in [3.63, 3.8) is 0 Å². The molecule has 6 rings (SSSR count). The first-order valence-electron chi connectivity index (χ1n) is 14.1. The van der Waals surface area contributed by atoms with Crippen molar-refractivity contribution >= 4 is 40.1 Å². The van der Waals surface area contributed by atoms with Crippen molar-refractivity contribution in [3.8, 4) is 5.69 Å². The number of aromatic nitrogens is 4. The number of benzene rings is 1. The Morgan fingerprint density at radius 3 is 2.40 bits per heavy atom. The topological polar surface area (TPSA) is 96.7 Å². The third-order valence-electron chi connectivity index (χ3n) is 7.75. The summed E-state index contributed by atoms with van der Waals surface area (Å²) in [6.07, 6.45) is 8.84. The summed E-state index contributed by atoms with van der Waals surface area (Å²) in [6, 6.07) is 6.72. The van der Waals surface area contributed by atoms with E-state index in [2.05, 4.69) is 19.9 Å². The highest BCUT2D eigenvalue weighted by molar-refractivity contribution is 6.38. The first-order chi connectivity index (χ1) is 20.4. The lowest BCUT2D eigenvalue weighted by Gasteiger charge is -2.36. The van der Waals surface area contributed by atoms with Gasteiger partial charge < -0.3 is 19.1 Å². The van der Waals surface area contributed by atoms with Gasteiger partial charge in [0, 0.05) is 51.3 Å². The molecule has 5 heterocycles. The van der Waals surface area contributed by atoms with Crippen LogP contribution in [0.3, 0.4) is 0 Å². The van der Waals surface area contributed by atoms with Crippen LogP contribution < -0.4 is 15.2 Å². The summed E-state index contributed by atoms with van der Waals surface area (Å²) >= 11 is 6.98. The van der Waals surface area contributed by atoms with E-state index >= 15 is 4.39 Å². The SMILES string of the molecule is CCOC(=O)c1cn(-c2ccc(CN3CCCC3)nc2)c2c(Cl)c(N3CCN(c4ncccn4)CC3)c(F)cc2c1=O. The summed E-state index contributed by atoms with van der Waals surface area (Å²) in [5.74, 6) is -0.805. The minimum absolute atomic E-state index is 0.00994. The molecule has 0 radical (unpaired) electrons. The molecule has 1 aromatic carbocycles. The molecule has 12 heteroatoms. The minimum atomic E-state index is -0.781. The highest BCUT2D eigenvalue weighted by atomic mass is 35.5. The molecule has 0 spiro atoms. The Morgan fingerprint density at radius 1 is 1.02 bits per heavy atom. The van der Waals surface area contributed by atoms with Crippen LogP contribution in [-0.2, 0) is 11.3 Å². The van der Waals surface area contributed by atoms with Crippen LogP contribution in [0.5, 0.6) is 0 Å². The predicted octanol–water partition coefficient (Wildman–Crippen LogP) is 4.07. The van der Waals surface area contributed by atoms with Crippen molar-refractivity contribution in [1.29, 1.82) is 0 Å². The summed E-state index contributed by atoms with van der Waals surface area (Å²) in [5, 5.41) is 0.0762. The summed E-state index contributed by atoms with van der Waals surface area (Å²) in [6.45, 7) is 6.67. The number of fused-ring (bicyclic) bond motifs is 1. The number of anilines is 2. The lowest BCUT2D eigenvalue weighted by molar-refractivity contribution is 0.0524. The van der Waals surface area contributed by atoms with Gasteiger partial charge in [-0.3, -0.25) is 14.7 Å². The molecule has 10 nitrogen and oxygen atoms in total. The second-order valence-corrected chi connectivity index (χ2v) is 10.8. The molecule has 0 aliphatic carbocycles. The number of hydrogen-bond acceptors (Lipinski definition) is 9. The van der Waals surface area contributed by atoms with E-state index in [-0.39, 0.29) is 28.3 Å². The Morgan fingerprint density at radius 2 is 1.74 bits per heavy atom. The first kappa shape index (κ1) is 28.0. The molecular formula is C30H31ClFN7O3. The number of hydrogen-bond donors (Lipinski definition) is 0. The van der Waals surface area contributed by atoms with E-state index in [0.29, 0.717) is 43.3 Å². The molecule has 218 valence electrons. The van der Waals surface area contributed by atoms with Gasteiger partial charge in [-0.1, -0.05) is 11.6 Å². The van der Waals surface area contributed by atoms with Crippen LogP contribution in [0, 0.1) is 5.82 Å². The minimum Gasteiger partial charge on any atom is -0.462 e. The zero-order chi connectivity index (χ0) is 29.2. The summed E-state index contributed by atoms with van der Waals surface area (Å²) in [7, 11) is 0. The molecule has 3 aromatic heterocycles. The van der Waals surface area contributed by atoms with Gasteiger partial charge in [-0.15, -0.1) is 0 Å². The number of carbonyl (C=O) groups excluding carboxylic acids is 1. The zero-order valence-electron chi connectivity index (χ0n) is 23.3. The van der Waals surface area contributed by atoms with E-state index in [1.807, 2.05) is 21.9 Å². The van der Waals surface area contributed by atoms with Gasteiger partial charge in [0.2, 0.25) is 11.4 Å². The molecule has 2 aliphatic rings. The Hall–Kier alpha value is -4.09. The van der Waals surface area contributed by atoms with Crippen LogP contribution in [0.15, 0.2) is 53.8 Å². The molecule has 0 amide bonds. The quantitative estimate of drug-likeness (QED) is 0.295. The molecule has 0 N–H and O–H groups in total. The van der Waals surface area contributed by atoms with Crippen LogP contribution >= 0.6 is 11.6 Å². The Kier molecular flexibility index (Phi) is 8.03. The molecule has 4 aromatic rings. The van der Waals surface area contributed by atoms with Crippen LogP contribution in [-0.4, -0.2) is 76.3 Å². The highest BCUT2D eigenvalue weighted by Crippen LogP contribution is 2.37. The lowest BCUT2D eigenvalue weighted by atomic mass is 10.1. The Balaban J connectivity index is 1.41. The smallest absolute Gasteiger partial charge is 0.343 e. The van der Waals surface area contributed by atoms with Crippen LogP contribution in [0.4, 0.5) is 16.0 Å². The summed E-state index contributed by atoms with van der Waals surface area (Å²) in [4.78, 5) is 45.8. The van der Waals surface area contributed by atoms with Gasteiger partial charge in [-0.05, 0) is 57.1 Å². The monoisotopic (exact) mass is 591 g/mol. The van der Waals surface area contributed by atoms with Crippen LogP contribution in [0.25, 0.3) is 16.6 Å². The number of pyridine rings is 2. The number of rotatable bonds is 7. The van der Waals surface area contributed by atoms with Crippen molar-refractivity contribution in [2.75, 3.05) is 55.7 Å². The maximum atomic E-state index is 15.8. The third-order valence-corrected chi connectivity index (χ3v) is 8.11. The van der Waals surface area contributed by atoms with Gasteiger partial charge in [0.1, 0.15) is 11.4 Å². The zero-order valence-corrected chi connectivity index (χ0v) is 24.1. The molecule has 0 unspecified atom stereocenters. The normalized spacial score (nSPS) is 15.9. The second-order valence-electron chi connectivity index (χ2n) is 10.4. The molecule has 42 heavy (non-hydrogen) atoms. The van der Waals surface area contributed by atoms with Crippen LogP contribution in [0.2, 0.25) is 5.02 Å². The maximum absolute atomic E-state index is 15.8. The molecule has 2 aliphatic heterocycles. The number of nitrogens with zero attached hydrogens (tertiary/aromatic N) is 7. The van der Waals surface area contributed by atoms with Crippen LogP contribution in [0.1, 0.15) is 35.8 Å². The lowest BCUT2D eigenvalue weighted by Crippen LogP contribution is -2.47. The van der Waals surface area contributed by atoms with E-state index in [1.165, 1.54) is 25.1 Å². The first-order valence-corrected chi connectivity index (χ1v) is 14.5. The molecule has 0 atom stereocenters. The maximum Gasteiger partial charge on any atom is 0.343 e. The summed E-state index contributed by atoms with van der Waals surface area (Å²) in [5.41, 5.74) is 1.15. The van der Waals surface area contributed by atoms with Crippen molar-refractivity contribution in [2.24, 2.45) is 0 Å². The fourth-order valence-corrected chi connectivity index (χ4v) is 6.06. The largest absolute Gasteiger partial charge is 0.462 e. The van der Waals surface area contributed by atoms with Crippen molar-refractivity contribution in [1.82, 2.24) is 24.4 Å². The van der Waals surface area contributed by atoms with E-state index in [9.17, 15) is 9.59 Å². The van der Waals surface area contributed by atoms with Gasteiger partial charge >= 0.3 is 5.97 Å². The second kappa shape index (κ2) is 12.0. The number of halogens is 2. The standard InChI is InChI=1S/C30H31ClFN7O3/c1-2-42-29(41)23-19-39(21-7-6-20(35-17-21)18-36-10-3-4-11-36)26-22(28(23)40)16-24(32)27(25(26)31)37-12-14-38(15-13-37)30-33-8-5-9-34-30/h5-9,16-17,19H,2-4,10-15,18H2,1H3. The van der Waals surface area contributed by atoms with E-state index in [4.69, 9.17) is 16.3 Å². The fraction of sp³-hybridized carbons (Fsp3) is 0.367. The Bertz CT molecular complexity index is 1650. The van der Waals surface area contributed by atoms with E-state index in [1.54, 1.807) is 36.1 Å². The Labute approximate surface area is 247 Å².